The molecule has 2 aliphatic carbocycles. The highest BCUT2D eigenvalue weighted by atomic mass is 16.5. The van der Waals surface area contributed by atoms with Gasteiger partial charge in [-0.15, -0.1) is 0 Å². The van der Waals surface area contributed by atoms with Gasteiger partial charge in [-0.3, -0.25) is 9.59 Å². The van der Waals surface area contributed by atoms with Gasteiger partial charge in [0.25, 0.3) is 0 Å². The Balaban J connectivity index is 1.98. The third-order valence-corrected chi connectivity index (χ3v) is 11.7. The molecule has 0 unspecified atom stereocenters. The smallest absolute Gasteiger partial charge is 0.311 e. The molecule has 3 rings (SSSR count). The van der Waals surface area contributed by atoms with E-state index in [0.717, 1.165) is 69.1 Å². The van der Waals surface area contributed by atoms with Crippen LogP contribution < -0.4 is 0 Å². The number of carbonyl (C=O) groups is 2. The van der Waals surface area contributed by atoms with Gasteiger partial charge in [-0.05, 0) is 98.9 Å². The van der Waals surface area contributed by atoms with Crippen molar-refractivity contribution in [3.05, 3.63) is 29.2 Å². The number of carbonyl (C=O) groups excluding carboxylic acids is 2. The van der Waals surface area contributed by atoms with Crippen LogP contribution in [0.2, 0.25) is 0 Å². The first-order valence-corrected chi connectivity index (χ1v) is 15.6. The van der Waals surface area contributed by atoms with E-state index in [1.807, 2.05) is 12.3 Å². The van der Waals surface area contributed by atoms with Crippen LogP contribution in [-0.4, -0.2) is 24.0 Å². The quantitative estimate of drug-likeness (QED) is 0.201. The molecule has 1 saturated carbocycles. The predicted octanol–water partition coefficient (Wildman–Crippen LogP) is 9.04. The third-order valence-electron chi connectivity index (χ3n) is 11.7. The maximum atomic E-state index is 13.2. The summed E-state index contributed by atoms with van der Waals surface area (Å²) in [4.78, 5) is 26.0. The van der Waals surface area contributed by atoms with Crippen molar-refractivity contribution < 1.29 is 18.8 Å². The highest BCUT2D eigenvalue weighted by Gasteiger charge is 2.61. The highest BCUT2D eigenvalue weighted by molar-refractivity contribution is 5.88. The number of esters is 1. The highest BCUT2D eigenvalue weighted by Crippen LogP contribution is 2.67. The molecule has 0 N–H and O–H groups in total. The standard InChI is InChI=1S/C35H57NO4/c1-13-15-30(3,4)17-19-33(9,29(38)39-12)20-18-31(5,6)35(11)16-14-26-32(7,8)28-25(23-36-40-28)22-34(26,10)27(35)21-24(2)37/h21,23,26H,13-20,22H2,1-12H3/b27-21-/t26-,33-,34-,35+/m0/s1. The summed E-state index contributed by atoms with van der Waals surface area (Å²) in [6.45, 7) is 24.6. The number of hydrogen-bond acceptors (Lipinski definition) is 5. The van der Waals surface area contributed by atoms with E-state index < -0.39 is 5.41 Å². The summed E-state index contributed by atoms with van der Waals surface area (Å²) in [5, 5.41) is 4.18. The molecule has 0 saturated heterocycles. The fourth-order valence-corrected chi connectivity index (χ4v) is 8.64. The van der Waals surface area contributed by atoms with Crippen molar-refractivity contribution in [1.29, 1.82) is 0 Å². The predicted molar refractivity (Wildman–Crippen MR) is 162 cm³/mol. The second-order valence-corrected chi connectivity index (χ2v) is 15.9. The minimum Gasteiger partial charge on any atom is -0.469 e. The molecule has 4 atom stereocenters. The number of nitrogens with zero attached hydrogens (tertiary/aromatic N) is 1. The average molecular weight is 556 g/mol. The molecule has 2 aliphatic rings. The number of hydrogen-bond donors (Lipinski definition) is 0. The lowest BCUT2D eigenvalue weighted by Gasteiger charge is -2.62. The number of ether oxygens (including phenoxy) is 1. The topological polar surface area (TPSA) is 69.4 Å². The number of rotatable bonds is 11. The lowest BCUT2D eigenvalue weighted by atomic mass is 9.41. The van der Waals surface area contributed by atoms with E-state index in [2.05, 4.69) is 74.4 Å². The summed E-state index contributed by atoms with van der Waals surface area (Å²) >= 11 is 0. The van der Waals surface area contributed by atoms with Crippen LogP contribution in [0, 0.1) is 33.0 Å². The van der Waals surface area contributed by atoms with Gasteiger partial charge in [0.15, 0.2) is 5.78 Å². The molecular formula is C35H57NO4. The van der Waals surface area contributed by atoms with E-state index in [4.69, 9.17) is 9.26 Å². The second-order valence-electron chi connectivity index (χ2n) is 15.9. The Morgan fingerprint density at radius 1 is 1.05 bits per heavy atom. The molecule has 0 aromatic carbocycles. The van der Waals surface area contributed by atoms with Crippen LogP contribution in [0.5, 0.6) is 0 Å². The molecule has 226 valence electrons. The largest absolute Gasteiger partial charge is 0.469 e. The minimum absolute atomic E-state index is 0.102. The maximum Gasteiger partial charge on any atom is 0.311 e. The van der Waals surface area contributed by atoms with Crippen LogP contribution >= 0.6 is 0 Å². The van der Waals surface area contributed by atoms with Crippen LogP contribution in [0.15, 0.2) is 22.4 Å². The van der Waals surface area contributed by atoms with Gasteiger partial charge < -0.3 is 9.26 Å². The van der Waals surface area contributed by atoms with Crippen molar-refractivity contribution in [2.24, 2.45) is 33.0 Å². The van der Waals surface area contributed by atoms with E-state index in [1.165, 1.54) is 12.7 Å². The van der Waals surface area contributed by atoms with Gasteiger partial charge in [0.2, 0.25) is 0 Å². The molecule has 1 aromatic heterocycles. The van der Waals surface area contributed by atoms with Crippen LogP contribution in [0.25, 0.3) is 0 Å². The fourth-order valence-electron chi connectivity index (χ4n) is 8.64. The number of aromatic nitrogens is 1. The van der Waals surface area contributed by atoms with Gasteiger partial charge in [-0.25, -0.2) is 0 Å². The minimum atomic E-state index is -0.539. The van der Waals surface area contributed by atoms with Crippen LogP contribution in [0.1, 0.15) is 139 Å². The van der Waals surface area contributed by atoms with E-state index >= 15 is 0 Å². The van der Waals surface area contributed by atoms with Crippen molar-refractivity contribution in [2.45, 2.75) is 139 Å². The summed E-state index contributed by atoms with van der Waals surface area (Å²) in [5.74, 6) is 1.34. The second kappa shape index (κ2) is 11.1. The third kappa shape index (κ3) is 5.73. The van der Waals surface area contributed by atoms with Gasteiger partial charge in [-0.2, -0.15) is 0 Å². The number of fused-ring (bicyclic) bond motifs is 2. The van der Waals surface area contributed by atoms with Crippen molar-refractivity contribution in [2.75, 3.05) is 7.11 Å². The van der Waals surface area contributed by atoms with Crippen molar-refractivity contribution in [1.82, 2.24) is 5.16 Å². The summed E-state index contributed by atoms with van der Waals surface area (Å²) in [6, 6.07) is 0. The van der Waals surface area contributed by atoms with Gasteiger partial charge in [-0.1, -0.05) is 79.5 Å². The van der Waals surface area contributed by atoms with Gasteiger partial charge in [0.05, 0.1) is 18.7 Å². The molecular weight excluding hydrogens is 498 g/mol. The molecule has 0 spiro atoms. The van der Waals surface area contributed by atoms with E-state index in [9.17, 15) is 9.59 Å². The van der Waals surface area contributed by atoms with E-state index in [-0.39, 0.29) is 38.8 Å². The fraction of sp³-hybridized carbons (Fsp3) is 0.800. The lowest BCUT2D eigenvalue weighted by Crippen LogP contribution is -2.56. The zero-order valence-electron chi connectivity index (χ0n) is 27.7. The van der Waals surface area contributed by atoms with Crippen molar-refractivity contribution in [3.8, 4) is 0 Å². The zero-order valence-corrected chi connectivity index (χ0v) is 27.7. The Morgan fingerprint density at radius 2 is 1.68 bits per heavy atom. The maximum absolute atomic E-state index is 13.2. The zero-order chi connectivity index (χ0) is 30.4. The summed E-state index contributed by atoms with van der Waals surface area (Å²) in [5.41, 5.74) is 1.38. The number of methoxy groups -OCH3 is 1. The number of ketones is 1. The molecule has 0 radical (unpaired) electrons. The molecule has 1 heterocycles. The Labute approximate surface area is 244 Å². The van der Waals surface area contributed by atoms with Crippen LogP contribution in [0.4, 0.5) is 0 Å². The molecule has 1 aromatic rings. The van der Waals surface area contributed by atoms with Gasteiger partial charge in [0, 0.05) is 11.0 Å². The monoisotopic (exact) mass is 555 g/mol. The van der Waals surface area contributed by atoms with E-state index in [1.54, 1.807) is 6.92 Å². The van der Waals surface area contributed by atoms with Crippen LogP contribution in [0.3, 0.4) is 0 Å². The average Bonchev–Trinajstić information content (AvgIpc) is 3.32. The Morgan fingerprint density at radius 3 is 2.25 bits per heavy atom. The first kappa shape index (κ1) is 32.6. The molecule has 0 bridgehead atoms. The summed E-state index contributed by atoms with van der Waals surface area (Å²) in [6.07, 6.45) is 12.5. The van der Waals surface area contributed by atoms with Crippen molar-refractivity contribution >= 4 is 11.8 Å². The Kier molecular flexibility index (Phi) is 9.01. The lowest BCUT2D eigenvalue weighted by molar-refractivity contribution is -0.153. The van der Waals surface area contributed by atoms with Gasteiger partial charge >= 0.3 is 5.97 Å². The molecule has 5 nitrogen and oxygen atoms in total. The summed E-state index contributed by atoms with van der Waals surface area (Å²) in [7, 11) is 1.52. The molecule has 0 amide bonds. The first-order chi connectivity index (χ1) is 18.3. The van der Waals surface area contributed by atoms with Crippen molar-refractivity contribution in [3.63, 3.8) is 0 Å². The summed E-state index contributed by atoms with van der Waals surface area (Å²) < 4.78 is 11.2. The molecule has 1 fully saturated rings. The Hall–Kier alpha value is -1.91. The molecule has 40 heavy (non-hydrogen) atoms. The van der Waals surface area contributed by atoms with Gasteiger partial charge in [0.1, 0.15) is 5.76 Å². The molecule has 5 heteroatoms. The Bertz CT molecular complexity index is 1120. The first-order valence-electron chi connectivity index (χ1n) is 15.6. The normalized spacial score (nSPS) is 28.9. The molecule has 0 aliphatic heterocycles. The number of allylic oxidation sites excluding steroid dienone is 2. The van der Waals surface area contributed by atoms with Crippen LogP contribution in [-0.2, 0) is 26.2 Å². The van der Waals surface area contributed by atoms with E-state index in [0.29, 0.717) is 5.92 Å². The SMILES string of the molecule is CCCC(C)(C)CC[C@@](C)(CCC(C)(C)[C@]1(C)CC[C@H]2C(C)(C)c3oncc3C[C@]2(C)/C1=C/C(C)=O)C(=O)OC.